The second-order valence-corrected chi connectivity index (χ2v) is 3.91. The van der Waals surface area contributed by atoms with Crippen molar-refractivity contribution >= 4 is 22.9 Å². The van der Waals surface area contributed by atoms with Crippen LogP contribution < -0.4 is 0 Å². The van der Waals surface area contributed by atoms with Crippen molar-refractivity contribution in [1.29, 1.82) is 0 Å². The van der Waals surface area contributed by atoms with Crippen LogP contribution in [0.2, 0.25) is 0 Å². The van der Waals surface area contributed by atoms with Gasteiger partial charge in [-0.3, -0.25) is 0 Å². The number of hydrogen-bond donors (Lipinski definition) is 1. The molecular formula is C10H13NO2S. The van der Waals surface area contributed by atoms with E-state index in [4.69, 9.17) is 5.11 Å². The minimum absolute atomic E-state index is 0.444. The highest BCUT2D eigenvalue weighted by atomic mass is 32.1. The summed E-state index contributed by atoms with van der Waals surface area (Å²) in [5.74, 6) is -0.849. The van der Waals surface area contributed by atoms with Crippen molar-refractivity contribution in [2.75, 3.05) is 0 Å². The van der Waals surface area contributed by atoms with E-state index < -0.39 is 5.97 Å². The van der Waals surface area contributed by atoms with E-state index in [2.05, 4.69) is 4.98 Å². The van der Waals surface area contributed by atoms with Gasteiger partial charge >= 0.3 is 5.97 Å². The number of aryl methyl sites for hydroxylation is 1. The van der Waals surface area contributed by atoms with Crippen LogP contribution in [0.5, 0.6) is 0 Å². The molecule has 0 unspecified atom stereocenters. The molecule has 0 aliphatic heterocycles. The number of nitrogens with zero attached hydrogens (tertiary/aromatic N) is 1. The second-order valence-electron chi connectivity index (χ2n) is 3.06. The molecule has 0 spiro atoms. The summed E-state index contributed by atoms with van der Waals surface area (Å²) in [6.07, 6.45) is 0.528. The van der Waals surface area contributed by atoms with Crippen LogP contribution in [-0.4, -0.2) is 16.1 Å². The standard InChI is InChI=1S/C10H13NO2S/c1-4-8(10(12)13)7(3)9-11-6(2)5-14-9/h5H,4H2,1-3H3,(H,12,13)/b8-7-. The van der Waals surface area contributed by atoms with Gasteiger partial charge in [0.15, 0.2) is 0 Å². The Balaban J connectivity index is 3.13. The van der Waals surface area contributed by atoms with E-state index in [0.29, 0.717) is 12.0 Å². The molecule has 0 radical (unpaired) electrons. The van der Waals surface area contributed by atoms with Gasteiger partial charge < -0.3 is 5.11 Å². The van der Waals surface area contributed by atoms with Gasteiger partial charge in [0.05, 0.1) is 0 Å². The molecule has 0 fully saturated rings. The topological polar surface area (TPSA) is 50.2 Å². The third kappa shape index (κ3) is 2.20. The summed E-state index contributed by atoms with van der Waals surface area (Å²) in [7, 11) is 0. The molecule has 3 nitrogen and oxygen atoms in total. The lowest BCUT2D eigenvalue weighted by Gasteiger charge is -2.02. The molecule has 1 aromatic heterocycles. The predicted molar refractivity (Wildman–Crippen MR) is 57.4 cm³/mol. The first-order valence-corrected chi connectivity index (χ1v) is 5.29. The lowest BCUT2D eigenvalue weighted by atomic mass is 10.1. The van der Waals surface area contributed by atoms with E-state index in [1.807, 2.05) is 26.2 Å². The summed E-state index contributed by atoms with van der Waals surface area (Å²) >= 11 is 1.49. The summed E-state index contributed by atoms with van der Waals surface area (Å²) in [5, 5.41) is 11.7. The van der Waals surface area contributed by atoms with Crippen molar-refractivity contribution in [1.82, 2.24) is 4.98 Å². The Kier molecular flexibility index (Phi) is 3.41. The lowest BCUT2D eigenvalue weighted by molar-refractivity contribution is -0.132. The number of carboxylic acids is 1. The normalized spacial score (nSPS) is 12.5. The van der Waals surface area contributed by atoms with Crippen LogP contribution >= 0.6 is 11.3 Å². The minimum atomic E-state index is -0.849. The van der Waals surface area contributed by atoms with E-state index in [-0.39, 0.29) is 0 Å². The fraction of sp³-hybridized carbons (Fsp3) is 0.400. The first-order valence-electron chi connectivity index (χ1n) is 4.41. The number of thiazole rings is 1. The molecule has 1 rings (SSSR count). The third-order valence-corrected chi connectivity index (χ3v) is 3.08. The smallest absolute Gasteiger partial charge is 0.331 e. The number of allylic oxidation sites excluding steroid dienone is 1. The molecule has 0 aliphatic carbocycles. The SMILES string of the molecule is CC/C(C(=O)O)=C(\C)c1nc(C)cs1. The Morgan fingerprint density at radius 2 is 2.29 bits per heavy atom. The van der Waals surface area contributed by atoms with Crippen LogP contribution in [0, 0.1) is 6.92 Å². The zero-order valence-electron chi connectivity index (χ0n) is 8.50. The number of hydrogen-bond acceptors (Lipinski definition) is 3. The minimum Gasteiger partial charge on any atom is -0.478 e. The third-order valence-electron chi connectivity index (χ3n) is 2.00. The second kappa shape index (κ2) is 4.37. The quantitative estimate of drug-likeness (QED) is 0.782. The molecule has 0 amide bonds. The molecule has 0 aliphatic rings. The van der Waals surface area contributed by atoms with Crippen molar-refractivity contribution in [3.63, 3.8) is 0 Å². The molecule has 0 aromatic carbocycles. The molecule has 76 valence electrons. The number of aliphatic carboxylic acids is 1. The summed E-state index contributed by atoms with van der Waals surface area (Å²) in [4.78, 5) is 15.1. The number of rotatable bonds is 3. The molecule has 14 heavy (non-hydrogen) atoms. The Hall–Kier alpha value is -1.16. The fourth-order valence-corrected chi connectivity index (χ4v) is 2.06. The van der Waals surface area contributed by atoms with Gasteiger partial charge in [0, 0.05) is 16.6 Å². The summed E-state index contributed by atoms with van der Waals surface area (Å²) in [6, 6.07) is 0. The van der Waals surface area contributed by atoms with Gasteiger partial charge in [0.25, 0.3) is 0 Å². The summed E-state index contributed by atoms with van der Waals surface area (Å²) in [6.45, 7) is 5.55. The Morgan fingerprint density at radius 3 is 2.64 bits per heavy atom. The highest BCUT2D eigenvalue weighted by Crippen LogP contribution is 2.23. The van der Waals surface area contributed by atoms with Gasteiger partial charge in [-0.15, -0.1) is 11.3 Å². The largest absolute Gasteiger partial charge is 0.478 e. The fourth-order valence-electron chi connectivity index (χ4n) is 1.23. The number of aromatic nitrogens is 1. The lowest BCUT2D eigenvalue weighted by Crippen LogP contribution is -2.01. The van der Waals surface area contributed by atoms with E-state index in [1.54, 1.807) is 0 Å². The Bertz CT molecular complexity index is 379. The molecule has 0 atom stereocenters. The molecule has 0 saturated heterocycles. The Labute approximate surface area is 87.1 Å². The summed E-state index contributed by atoms with van der Waals surface area (Å²) in [5.41, 5.74) is 2.16. The van der Waals surface area contributed by atoms with Crippen LogP contribution in [-0.2, 0) is 4.79 Å². The van der Waals surface area contributed by atoms with Gasteiger partial charge in [-0.25, -0.2) is 9.78 Å². The van der Waals surface area contributed by atoms with Crippen LogP contribution in [0.1, 0.15) is 31.0 Å². The molecule has 0 bridgehead atoms. The highest BCUT2D eigenvalue weighted by Gasteiger charge is 2.12. The first kappa shape index (κ1) is 10.9. The average molecular weight is 211 g/mol. The van der Waals surface area contributed by atoms with E-state index in [0.717, 1.165) is 16.3 Å². The monoisotopic (exact) mass is 211 g/mol. The maximum atomic E-state index is 10.9. The summed E-state index contributed by atoms with van der Waals surface area (Å²) < 4.78 is 0. The van der Waals surface area contributed by atoms with Crippen molar-refractivity contribution in [2.45, 2.75) is 27.2 Å². The number of carbonyl (C=O) groups is 1. The van der Waals surface area contributed by atoms with E-state index in [1.165, 1.54) is 11.3 Å². The molecule has 4 heteroatoms. The maximum absolute atomic E-state index is 10.9. The molecule has 0 saturated carbocycles. The van der Waals surface area contributed by atoms with Gasteiger partial charge in [-0.05, 0) is 25.8 Å². The molecule has 1 heterocycles. The molecular weight excluding hydrogens is 198 g/mol. The average Bonchev–Trinajstić information content (AvgIpc) is 2.52. The van der Waals surface area contributed by atoms with Crippen molar-refractivity contribution in [3.8, 4) is 0 Å². The first-order chi connectivity index (χ1) is 6.56. The zero-order valence-corrected chi connectivity index (χ0v) is 9.31. The van der Waals surface area contributed by atoms with Crippen LogP contribution in [0.3, 0.4) is 0 Å². The van der Waals surface area contributed by atoms with Crippen molar-refractivity contribution < 1.29 is 9.90 Å². The van der Waals surface area contributed by atoms with Gasteiger partial charge in [-0.2, -0.15) is 0 Å². The molecule has 1 aromatic rings. The van der Waals surface area contributed by atoms with E-state index >= 15 is 0 Å². The molecule has 1 N–H and O–H groups in total. The van der Waals surface area contributed by atoms with Gasteiger partial charge in [0.2, 0.25) is 0 Å². The van der Waals surface area contributed by atoms with Crippen molar-refractivity contribution in [2.24, 2.45) is 0 Å². The van der Waals surface area contributed by atoms with Gasteiger partial charge in [-0.1, -0.05) is 6.92 Å². The number of carboxylic acid groups (broad SMARTS) is 1. The van der Waals surface area contributed by atoms with Gasteiger partial charge in [0.1, 0.15) is 5.01 Å². The van der Waals surface area contributed by atoms with Crippen LogP contribution in [0.15, 0.2) is 11.0 Å². The van der Waals surface area contributed by atoms with Crippen molar-refractivity contribution in [3.05, 3.63) is 21.7 Å². The highest BCUT2D eigenvalue weighted by molar-refractivity contribution is 7.10. The Morgan fingerprint density at radius 1 is 1.64 bits per heavy atom. The zero-order chi connectivity index (χ0) is 10.7. The maximum Gasteiger partial charge on any atom is 0.331 e. The van der Waals surface area contributed by atoms with E-state index in [9.17, 15) is 4.79 Å². The van der Waals surface area contributed by atoms with Crippen LogP contribution in [0.4, 0.5) is 0 Å². The predicted octanol–water partition coefficient (Wildman–Crippen LogP) is 2.72. The van der Waals surface area contributed by atoms with Crippen LogP contribution in [0.25, 0.3) is 5.57 Å².